The Morgan fingerprint density at radius 1 is 1.04 bits per heavy atom. The normalized spacial score (nSPS) is 24.1. The van der Waals surface area contributed by atoms with Crippen LogP contribution in [0.3, 0.4) is 0 Å². The van der Waals surface area contributed by atoms with Crippen LogP contribution in [0, 0.1) is 11.8 Å². The lowest BCUT2D eigenvalue weighted by Gasteiger charge is -2.34. The maximum absolute atomic E-state index is 12.4. The molecule has 1 saturated carbocycles. The van der Waals surface area contributed by atoms with Crippen molar-refractivity contribution in [1.82, 2.24) is 5.32 Å². The first-order valence-corrected chi connectivity index (χ1v) is 12.4. The summed E-state index contributed by atoms with van der Waals surface area (Å²) >= 11 is 0. The lowest BCUT2D eigenvalue weighted by atomic mass is 9.81. The fourth-order valence-electron chi connectivity index (χ4n) is 4.40. The van der Waals surface area contributed by atoms with E-state index in [-0.39, 0.29) is 17.7 Å². The summed E-state index contributed by atoms with van der Waals surface area (Å²) in [7, 11) is -3.15. The molecule has 2 aliphatic rings. The van der Waals surface area contributed by atoms with Gasteiger partial charge in [-0.05, 0) is 61.8 Å². The van der Waals surface area contributed by atoms with E-state index in [0.717, 1.165) is 37.5 Å². The zero-order valence-electron chi connectivity index (χ0n) is 17.2. The number of hydrogen-bond donors (Lipinski definition) is 1. The van der Waals surface area contributed by atoms with Gasteiger partial charge < -0.3 is 10.2 Å². The second kappa shape index (κ2) is 9.29. The van der Waals surface area contributed by atoms with E-state index in [2.05, 4.69) is 17.1 Å². The largest absolute Gasteiger partial charge is 0.371 e. The molecule has 6 heteroatoms. The second-order valence-corrected chi connectivity index (χ2v) is 10.8. The molecule has 156 valence electrons. The Bertz CT molecular complexity index is 744. The Labute approximate surface area is 169 Å². The van der Waals surface area contributed by atoms with Crippen molar-refractivity contribution in [2.45, 2.75) is 69.7 Å². The van der Waals surface area contributed by atoms with Gasteiger partial charge in [0.2, 0.25) is 5.91 Å². The Balaban J connectivity index is 1.44. The molecule has 1 aromatic rings. The van der Waals surface area contributed by atoms with Crippen molar-refractivity contribution in [2.75, 3.05) is 23.7 Å². The van der Waals surface area contributed by atoms with E-state index in [4.69, 9.17) is 0 Å². The molecular weight excluding hydrogens is 372 g/mol. The Morgan fingerprint density at radius 2 is 1.64 bits per heavy atom. The van der Waals surface area contributed by atoms with Crippen molar-refractivity contribution in [1.29, 1.82) is 0 Å². The van der Waals surface area contributed by atoms with Crippen molar-refractivity contribution in [3.05, 3.63) is 24.3 Å². The minimum atomic E-state index is -3.15. The molecule has 3 rings (SSSR count). The van der Waals surface area contributed by atoms with Gasteiger partial charge in [-0.15, -0.1) is 0 Å². The number of amides is 1. The number of piperidine rings is 1. The number of hydrogen-bond acceptors (Lipinski definition) is 4. The standard InChI is InChI=1S/C22H34N2O3S/c1-3-28(26,27)21-10-8-20(9-11-21)24-14-12-19(13-15-24)23-22(25)16-18-6-4-17(2)5-7-18/h8-11,17-19H,3-7,12-16H2,1-2H3,(H,23,25). The molecule has 0 radical (unpaired) electrons. The Kier molecular flexibility index (Phi) is 7.02. The first-order chi connectivity index (χ1) is 13.4. The molecule has 0 unspecified atom stereocenters. The van der Waals surface area contributed by atoms with Crippen LogP contribution in [0.15, 0.2) is 29.2 Å². The van der Waals surface area contributed by atoms with Gasteiger partial charge in [-0.2, -0.15) is 0 Å². The van der Waals surface area contributed by atoms with Crippen LogP contribution in [0.25, 0.3) is 0 Å². The first kappa shape index (κ1) is 21.2. The number of nitrogens with one attached hydrogen (secondary N) is 1. The van der Waals surface area contributed by atoms with E-state index in [1.54, 1.807) is 19.1 Å². The van der Waals surface area contributed by atoms with Gasteiger partial charge in [0.25, 0.3) is 0 Å². The third-order valence-electron chi connectivity index (χ3n) is 6.41. The van der Waals surface area contributed by atoms with Crippen LogP contribution in [-0.4, -0.2) is 39.2 Å². The monoisotopic (exact) mass is 406 g/mol. The van der Waals surface area contributed by atoms with Crippen LogP contribution < -0.4 is 10.2 Å². The van der Waals surface area contributed by atoms with Gasteiger partial charge in [-0.3, -0.25) is 4.79 Å². The highest BCUT2D eigenvalue weighted by Gasteiger charge is 2.24. The summed E-state index contributed by atoms with van der Waals surface area (Å²) in [5.41, 5.74) is 1.05. The Morgan fingerprint density at radius 3 is 2.21 bits per heavy atom. The number of nitrogens with zero attached hydrogens (tertiary/aromatic N) is 1. The number of carbonyl (C=O) groups is 1. The van der Waals surface area contributed by atoms with E-state index in [0.29, 0.717) is 17.2 Å². The van der Waals surface area contributed by atoms with Gasteiger partial charge in [0.05, 0.1) is 10.6 Å². The summed E-state index contributed by atoms with van der Waals surface area (Å²) < 4.78 is 23.9. The van der Waals surface area contributed by atoms with Gasteiger partial charge in [0.15, 0.2) is 9.84 Å². The highest BCUT2D eigenvalue weighted by molar-refractivity contribution is 7.91. The number of sulfone groups is 1. The average Bonchev–Trinajstić information content (AvgIpc) is 2.70. The van der Waals surface area contributed by atoms with E-state index in [1.807, 2.05) is 12.1 Å². The predicted molar refractivity (Wildman–Crippen MR) is 113 cm³/mol. The van der Waals surface area contributed by atoms with Crippen molar-refractivity contribution in [3.8, 4) is 0 Å². The molecule has 0 bridgehead atoms. The first-order valence-electron chi connectivity index (χ1n) is 10.7. The SMILES string of the molecule is CCS(=O)(=O)c1ccc(N2CCC(NC(=O)CC3CCC(C)CC3)CC2)cc1. The molecule has 1 aromatic carbocycles. The van der Waals surface area contributed by atoms with E-state index < -0.39 is 9.84 Å². The molecule has 5 nitrogen and oxygen atoms in total. The third-order valence-corrected chi connectivity index (χ3v) is 8.16. The molecule has 0 spiro atoms. The number of rotatable bonds is 6. The fraction of sp³-hybridized carbons (Fsp3) is 0.682. The van der Waals surface area contributed by atoms with Crippen molar-refractivity contribution in [3.63, 3.8) is 0 Å². The number of anilines is 1. The highest BCUT2D eigenvalue weighted by atomic mass is 32.2. The molecule has 1 aliphatic carbocycles. The van der Waals surface area contributed by atoms with Crippen LogP contribution in [-0.2, 0) is 14.6 Å². The highest BCUT2D eigenvalue weighted by Crippen LogP contribution is 2.30. The molecule has 1 N–H and O–H groups in total. The van der Waals surface area contributed by atoms with E-state index >= 15 is 0 Å². The van der Waals surface area contributed by atoms with Crippen molar-refractivity contribution < 1.29 is 13.2 Å². The quantitative estimate of drug-likeness (QED) is 0.781. The Hall–Kier alpha value is -1.56. The van der Waals surface area contributed by atoms with Crippen LogP contribution in [0.5, 0.6) is 0 Å². The predicted octanol–water partition coefficient (Wildman–Crippen LogP) is 3.78. The molecule has 2 fully saturated rings. The summed E-state index contributed by atoms with van der Waals surface area (Å²) in [4.78, 5) is 15.0. The molecule has 1 aliphatic heterocycles. The summed E-state index contributed by atoms with van der Waals surface area (Å²) in [5, 5.41) is 3.24. The molecule has 0 atom stereocenters. The summed E-state index contributed by atoms with van der Waals surface area (Å²) in [6, 6.07) is 7.45. The zero-order chi connectivity index (χ0) is 20.1. The summed E-state index contributed by atoms with van der Waals surface area (Å²) in [6.45, 7) is 5.73. The van der Waals surface area contributed by atoms with Gasteiger partial charge in [0.1, 0.15) is 0 Å². The van der Waals surface area contributed by atoms with E-state index in [9.17, 15) is 13.2 Å². The average molecular weight is 407 g/mol. The maximum atomic E-state index is 12.4. The van der Waals surface area contributed by atoms with Gasteiger partial charge in [0, 0.05) is 31.2 Å². The molecular formula is C22H34N2O3S. The molecule has 0 aromatic heterocycles. The van der Waals surface area contributed by atoms with E-state index in [1.165, 1.54) is 25.7 Å². The maximum Gasteiger partial charge on any atom is 0.220 e. The number of carbonyl (C=O) groups excluding carboxylic acids is 1. The van der Waals surface area contributed by atoms with Gasteiger partial charge in [-0.1, -0.05) is 26.7 Å². The molecule has 1 amide bonds. The lowest BCUT2D eigenvalue weighted by Crippen LogP contribution is -2.45. The van der Waals surface area contributed by atoms with Gasteiger partial charge >= 0.3 is 0 Å². The zero-order valence-corrected chi connectivity index (χ0v) is 18.0. The fourth-order valence-corrected chi connectivity index (χ4v) is 5.28. The van der Waals surface area contributed by atoms with Crippen molar-refractivity contribution in [2.24, 2.45) is 11.8 Å². The summed E-state index contributed by atoms with van der Waals surface area (Å²) in [5.74, 6) is 1.72. The lowest BCUT2D eigenvalue weighted by molar-refractivity contribution is -0.123. The van der Waals surface area contributed by atoms with Crippen LogP contribution in [0.4, 0.5) is 5.69 Å². The van der Waals surface area contributed by atoms with Gasteiger partial charge in [-0.25, -0.2) is 8.42 Å². The second-order valence-electron chi connectivity index (χ2n) is 8.56. The molecule has 1 saturated heterocycles. The summed E-state index contributed by atoms with van der Waals surface area (Å²) in [6.07, 6.45) is 7.45. The van der Waals surface area contributed by atoms with Crippen LogP contribution in [0.1, 0.15) is 58.8 Å². The van der Waals surface area contributed by atoms with Crippen LogP contribution in [0.2, 0.25) is 0 Å². The van der Waals surface area contributed by atoms with Crippen LogP contribution >= 0.6 is 0 Å². The molecule has 28 heavy (non-hydrogen) atoms. The minimum Gasteiger partial charge on any atom is -0.371 e. The molecule has 1 heterocycles. The van der Waals surface area contributed by atoms with Crippen molar-refractivity contribution >= 4 is 21.4 Å². The third kappa shape index (κ3) is 5.49. The topological polar surface area (TPSA) is 66.5 Å². The minimum absolute atomic E-state index is 0.122. The smallest absolute Gasteiger partial charge is 0.220 e. The number of benzene rings is 1.